The number of ketones is 1. The molecule has 0 radical (unpaired) electrons. The van der Waals surface area contributed by atoms with Crippen molar-refractivity contribution in [2.24, 2.45) is 5.92 Å². The van der Waals surface area contributed by atoms with E-state index >= 15 is 0 Å². The summed E-state index contributed by atoms with van der Waals surface area (Å²) in [5, 5.41) is 9.06. The fraction of sp³-hybridized carbons (Fsp3) is 0.588. The van der Waals surface area contributed by atoms with Crippen molar-refractivity contribution in [3.05, 3.63) is 22.4 Å². The minimum Gasteiger partial charge on any atom is -0.368 e. The Kier molecular flexibility index (Phi) is 6.51. The molecule has 0 spiro atoms. The lowest BCUT2D eigenvalue weighted by atomic mass is 10.0. The van der Waals surface area contributed by atoms with Crippen LogP contribution in [0.15, 0.2) is 16.8 Å². The Morgan fingerprint density at radius 3 is 2.67 bits per heavy atom. The highest BCUT2D eigenvalue weighted by molar-refractivity contribution is 7.08. The fourth-order valence-corrected chi connectivity index (χ4v) is 3.15. The van der Waals surface area contributed by atoms with E-state index in [0.29, 0.717) is 17.9 Å². The Morgan fingerprint density at radius 1 is 1.38 bits per heavy atom. The first-order valence-corrected chi connectivity index (χ1v) is 9.10. The van der Waals surface area contributed by atoms with Gasteiger partial charge in [-0.3, -0.25) is 14.4 Å². The molecule has 1 aromatic rings. The zero-order valence-corrected chi connectivity index (χ0v) is 15.0. The Balaban J connectivity index is 2.02. The quantitative estimate of drug-likeness (QED) is 0.783. The molecule has 2 amide bonds. The number of amides is 2. The van der Waals surface area contributed by atoms with Crippen LogP contribution in [-0.4, -0.2) is 42.4 Å². The molecule has 2 rings (SSSR count). The first kappa shape index (κ1) is 18.6. The van der Waals surface area contributed by atoms with Gasteiger partial charge in [0, 0.05) is 5.38 Å². The van der Waals surface area contributed by atoms with Gasteiger partial charge in [0.05, 0.1) is 11.7 Å². The van der Waals surface area contributed by atoms with E-state index in [0.717, 1.165) is 6.42 Å². The molecule has 1 saturated heterocycles. The average Bonchev–Trinajstić information content (AvgIpc) is 3.16. The van der Waals surface area contributed by atoms with Crippen molar-refractivity contribution in [1.82, 2.24) is 10.6 Å². The van der Waals surface area contributed by atoms with Crippen LogP contribution < -0.4 is 10.6 Å². The number of rotatable bonds is 7. The lowest BCUT2D eigenvalue weighted by Crippen LogP contribution is -2.53. The molecule has 2 N–H and O–H groups in total. The van der Waals surface area contributed by atoms with Gasteiger partial charge in [0.25, 0.3) is 5.91 Å². The normalized spacial score (nSPS) is 21.8. The van der Waals surface area contributed by atoms with Crippen LogP contribution in [0.25, 0.3) is 0 Å². The molecule has 1 aromatic heterocycles. The molecule has 3 atom stereocenters. The molecule has 0 bridgehead atoms. The van der Waals surface area contributed by atoms with Crippen LogP contribution >= 0.6 is 11.3 Å². The third-order valence-corrected chi connectivity index (χ3v) is 4.72. The number of carbonyl (C=O) groups excluding carboxylic acids is 3. The smallest absolute Gasteiger partial charge is 0.252 e. The maximum Gasteiger partial charge on any atom is 0.252 e. The summed E-state index contributed by atoms with van der Waals surface area (Å²) in [6.07, 6.45) is 0.974. The number of Topliss-reactive ketones (excluding diaryl/α,β-unsaturated/α-hetero) is 1. The van der Waals surface area contributed by atoms with E-state index in [2.05, 4.69) is 24.5 Å². The third kappa shape index (κ3) is 4.88. The molecule has 1 fully saturated rings. The summed E-state index contributed by atoms with van der Waals surface area (Å²) in [6, 6.07) is 0.408. The molecule has 2 heterocycles. The number of hydrogen-bond acceptors (Lipinski definition) is 5. The van der Waals surface area contributed by atoms with Gasteiger partial charge < -0.3 is 15.4 Å². The summed E-state index contributed by atoms with van der Waals surface area (Å²) >= 11 is 1.43. The Morgan fingerprint density at radius 2 is 2.12 bits per heavy atom. The summed E-state index contributed by atoms with van der Waals surface area (Å²) in [5.74, 6) is -0.339. The second-order valence-corrected chi connectivity index (χ2v) is 7.26. The number of thiophene rings is 1. The van der Waals surface area contributed by atoms with E-state index in [1.807, 2.05) is 5.38 Å². The molecule has 0 aliphatic carbocycles. The number of ether oxygens (including phenoxy) is 1. The second-order valence-electron chi connectivity index (χ2n) is 6.48. The van der Waals surface area contributed by atoms with Crippen LogP contribution in [-0.2, 0) is 14.3 Å². The summed E-state index contributed by atoms with van der Waals surface area (Å²) in [7, 11) is 0. The highest BCUT2D eigenvalue weighted by atomic mass is 32.1. The van der Waals surface area contributed by atoms with Gasteiger partial charge in [0.15, 0.2) is 5.78 Å². The molecule has 7 heteroatoms. The Bertz CT molecular complexity index is 585. The van der Waals surface area contributed by atoms with Gasteiger partial charge in [-0.2, -0.15) is 11.3 Å². The summed E-state index contributed by atoms with van der Waals surface area (Å²) in [5.41, 5.74) is 0.538. The van der Waals surface area contributed by atoms with Crippen molar-refractivity contribution in [2.75, 3.05) is 6.61 Å². The monoisotopic (exact) mass is 352 g/mol. The van der Waals surface area contributed by atoms with E-state index in [1.54, 1.807) is 18.4 Å². The van der Waals surface area contributed by atoms with Crippen LogP contribution in [0, 0.1) is 5.92 Å². The minimum absolute atomic E-state index is 0.0179. The van der Waals surface area contributed by atoms with Gasteiger partial charge >= 0.3 is 0 Å². The summed E-state index contributed by atoms with van der Waals surface area (Å²) in [4.78, 5) is 36.6. The van der Waals surface area contributed by atoms with E-state index in [4.69, 9.17) is 4.74 Å². The average molecular weight is 352 g/mol. The standard InChI is InChI=1S/C17H24N2O4S/c1-10(2)4-5-13(18-16(21)12-6-7-24-9-12)17(22)19-15-11(3)23-8-14(15)20/h6-7,9-11,13,15H,4-5,8H2,1-3H3,(H,18,21)(H,19,22)/t11-,13?,15-/m0/s1. The number of nitrogens with one attached hydrogen (secondary N) is 2. The zero-order chi connectivity index (χ0) is 17.7. The molecular formula is C17H24N2O4S. The SMILES string of the molecule is CC(C)CCC(NC(=O)c1ccsc1)C(=O)N[C@@H]1C(=O)CO[C@H]1C. The van der Waals surface area contributed by atoms with Crippen LogP contribution in [0.3, 0.4) is 0 Å². The highest BCUT2D eigenvalue weighted by Gasteiger charge is 2.35. The van der Waals surface area contributed by atoms with E-state index in [1.165, 1.54) is 11.3 Å². The third-order valence-electron chi connectivity index (χ3n) is 4.04. The zero-order valence-electron chi connectivity index (χ0n) is 14.2. The van der Waals surface area contributed by atoms with Crippen molar-refractivity contribution >= 4 is 28.9 Å². The van der Waals surface area contributed by atoms with Crippen LogP contribution in [0.4, 0.5) is 0 Å². The molecule has 0 aromatic carbocycles. The van der Waals surface area contributed by atoms with Crippen LogP contribution in [0.2, 0.25) is 0 Å². The van der Waals surface area contributed by atoms with E-state index in [-0.39, 0.29) is 30.3 Å². The number of carbonyl (C=O) groups is 3. The molecule has 6 nitrogen and oxygen atoms in total. The van der Waals surface area contributed by atoms with Gasteiger partial charge in [0.2, 0.25) is 5.91 Å². The van der Waals surface area contributed by atoms with Crippen molar-refractivity contribution in [3.8, 4) is 0 Å². The first-order valence-electron chi connectivity index (χ1n) is 8.16. The molecule has 1 aliphatic rings. The van der Waals surface area contributed by atoms with Crippen molar-refractivity contribution in [3.63, 3.8) is 0 Å². The lowest BCUT2D eigenvalue weighted by molar-refractivity contribution is -0.127. The topological polar surface area (TPSA) is 84.5 Å². The predicted octanol–water partition coefficient (Wildman–Crippen LogP) is 1.76. The van der Waals surface area contributed by atoms with Gasteiger partial charge in [0.1, 0.15) is 18.7 Å². The summed E-state index contributed by atoms with van der Waals surface area (Å²) < 4.78 is 5.25. The fourth-order valence-electron chi connectivity index (χ4n) is 2.52. The maximum absolute atomic E-state index is 12.6. The molecular weight excluding hydrogens is 328 g/mol. The van der Waals surface area contributed by atoms with Crippen LogP contribution in [0.1, 0.15) is 44.0 Å². The second kappa shape index (κ2) is 8.39. The molecule has 132 valence electrons. The Labute approximate surface area is 146 Å². The van der Waals surface area contributed by atoms with Gasteiger partial charge in [-0.25, -0.2) is 0 Å². The van der Waals surface area contributed by atoms with Gasteiger partial charge in [-0.05, 0) is 37.1 Å². The van der Waals surface area contributed by atoms with Crippen molar-refractivity contribution < 1.29 is 19.1 Å². The molecule has 24 heavy (non-hydrogen) atoms. The number of hydrogen-bond donors (Lipinski definition) is 2. The van der Waals surface area contributed by atoms with E-state index < -0.39 is 12.1 Å². The summed E-state index contributed by atoms with van der Waals surface area (Å²) in [6.45, 7) is 5.89. The first-order chi connectivity index (χ1) is 11.4. The largest absolute Gasteiger partial charge is 0.368 e. The molecule has 0 saturated carbocycles. The van der Waals surface area contributed by atoms with Crippen molar-refractivity contribution in [2.45, 2.75) is 51.8 Å². The minimum atomic E-state index is -0.666. The Hall–Kier alpha value is -1.73. The highest BCUT2D eigenvalue weighted by Crippen LogP contribution is 2.13. The maximum atomic E-state index is 12.6. The van der Waals surface area contributed by atoms with Gasteiger partial charge in [-0.1, -0.05) is 13.8 Å². The van der Waals surface area contributed by atoms with E-state index in [9.17, 15) is 14.4 Å². The van der Waals surface area contributed by atoms with Gasteiger partial charge in [-0.15, -0.1) is 0 Å². The van der Waals surface area contributed by atoms with Crippen molar-refractivity contribution in [1.29, 1.82) is 0 Å². The van der Waals surface area contributed by atoms with Crippen LogP contribution in [0.5, 0.6) is 0 Å². The predicted molar refractivity (Wildman–Crippen MR) is 92.0 cm³/mol. The molecule has 1 unspecified atom stereocenters. The lowest BCUT2D eigenvalue weighted by Gasteiger charge is -2.22. The molecule has 1 aliphatic heterocycles.